The highest BCUT2D eigenvalue weighted by atomic mass is 79.9. The molecule has 3 rings (SSSR count). The monoisotopic (exact) mass is 372 g/mol. The maximum atomic E-state index is 13.7. The van der Waals surface area contributed by atoms with E-state index in [-0.39, 0.29) is 18.1 Å². The number of alkyl halides is 1. The van der Waals surface area contributed by atoms with Crippen LogP contribution in [-0.4, -0.2) is 15.7 Å². The number of nitrogens with one attached hydrogen (secondary N) is 1. The van der Waals surface area contributed by atoms with Gasteiger partial charge in [0, 0.05) is 11.6 Å². The van der Waals surface area contributed by atoms with E-state index in [0.29, 0.717) is 11.3 Å². The van der Waals surface area contributed by atoms with E-state index in [1.807, 2.05) is 24.3 Å². The number of carbonyl (C=O) groups is 1. The standard InChI is InChI=1S/C18H14BrFN2O/c19-14(11-13-5-1-2-8-15(13)20)18(23)22-16-9-3-6-12-7-4-10-21-17(12)16/h1-10,14H,11H2,(H,22,23). The number of para-hydroxylation sites is 1. The predicted molar refractivity (Wildman–Crippen MR) is 93.2 cm³/mol. The topological polar surface area (TPSA) is 42.0 Å². The van der Waals surface area contributed by atoms with Crippen molar-refractivity contribution in [3.05, 3.63) is 72.2 Å². The normalized spacial score (nSPS) is 12.1. The fourth-order valence-corrected chi connectivity index (χ4v) is 2.83. The molecule has 23 heavy (non-hydrogen) atoms. The zero-order valence-electron chi connectivity index (χ0n) is 12.2. The van der Waals surface area contributed by atoms with Gasteiger partial charge in [-0.2, -0.15) is 0 Å². The van der Waals surface area contributed by atoms with Crippen molar-refractivity contribution in [2.45, 2.75) is 11.2 Å². The molecule has 3 aromatic rings. The van der Waals surface area contributed by atoms with Crippen molar-refractivity contribution in [3.8, 4) is 0 Å². The van der Waals surface area contributed by atoms with Crippen molar-refractivity contribution in [2.75, 3.05) is 5.32 Å². The largest absolute Gasteiger partial charge is 0.323 e. The minimum atomic E-state index is -0.529. The highest BCUT2D eigenvalue weighted by Crippen LogP contribution is 2.22. The van der Waals surface area contributed by atoms with E-state index >= 15 is 0 Å². The number of anilines is 1. The van der Waals surface area contributed by atoms with Gasteiger partial charge in [0.05, 0.1) is 16.0 Å². The van der Waals surface area contributed by atoms with E-state index in [2.05, 4.69) is 26.2 Å². The molecule has 1 heterocycles. The van der Waals surface area contributed by atoms with Gasteiger partial charge in [-0.1, -0.05) is 52.3 Å². The molecule has 0 bridgehead atoms. The van der Waals surface area contributed by atoms with E-state index in [1.165, 1.54) is 6.07 Å². The lowest BCUT2D eigenvalue weighted by Gasteiger charge is -2.12. The summed E-state index contributed by atoms with van der Waals surface area (Å²) in [6.45, 7) is 0. The molecule has 1 amide bonds. The molecule has 3 nitrogen and oxygen atoms in total. The lowest BCUT2D eigenvalue weighted by atomic mass is 10.1. The molecule has 0 spiro atoms. The number of halogens is 2. The minimum Gasteiger partial charge on any atom is -0.323 e. The SMILES string of the molecule is O=C(Nc1cccc2cccnc12)C(Br)Cc1ccccc1F. The summed E-state index contributed by atoms with van der Waals surface area (Å²) in [5, 5.41) is 3.80. The quantitative estimate of drug-likeness (QED) is 0.693. The summed E-state index contributed by atoms with van der Waals surface area (Å²) < 4.78 is 13.7. The van der Waals surface area contributed by atoms with Crippen LogP contribution < -0.4 is 5.32 Å². The number of hydrogen-bond donors (Lipinski definition) is 1. The first-order chi connectivity index (χ1) is 11.1. The number of benzene rings is 2. The molecule has 1 aromatic heterocycles. The van der Waals surface area contributed by atoms with Crippen molar-refractivity contribution >= 4 is 38.4 Å². The number of amides is 1. The molecule has 1 N–H and O–H groups in total. The van der Waals surface area contributed by atoms with Crippen molar-refractivity contribution < 1.29 is 9.18 Å². The number of pyridine rings is 1. The van der Waals surface area contributed by atoms with Gasteiger partial charge in [0.1, 0.15) is 5.82 Å². The molecule has 116 valence electrons. The predicted octanol–water partition coefficient (Wildman–Crippen LogP) is 4.32. The van der Waals surface area contributed by atoms with Crippen molar-refractivity contribution in [2.24, 2.45) is 0 Å². The molecular formula is C18H14BrFN2O. The van der Waals surface area contributed by atoms with Crippen LogP contribution in [0.15, 0.2) is 60.8 Å². The van der Waals surface area contributed by atoms with Crippen LogP contribution in [0, 0.1) is 5.82 Å². The zero-order chi connectivity index (χ0) is 16.2. The molecule has 0 saturated carbocycles. The highest BCUT2D eigenvalue weighted by Gasteiger charge is 2.18. The van der Waals surface area contributed by atoms with Gasteiger partial charge in [0.2, 0.25) is 5.91 Å². The second-order valence-electron chi connectivity index (χ2n) is 5.13. The zero-order valence-corrected chi connectivity index (χ0v) is 13.8. The van der Waals surface area contributed by atoms with Gasteiger partial charge in [0.25, 0.3) is 0 Å². The third kappa shape index (κ3) is 3.56. The van der Waals surface area contributed by atoms with Gasteiger partial charge >= 0.3 is 0 Å². The number of fused-ring (bicyclic) bond motifs is 1. The number of carbonyl (C=O) groups excluding carboxylic acids is 1. The lowest BCUT2D eigenvalue weighted by Crippen LogP contribution is -2.25. The Bertz CT molecular complexity index is 848. The number of rotatable bonds is 4. The molecule has 0 fully saturated rings. The van der Waals surface area contributed by atoms with Crippen LogP contribution in [0.25, 0.3) is 10.9 Å². The Morgan fingerprint density at radius 2 is 1.91 bits per heavy atom. The Labute approximate surface area is 141 Å². The van der Waals surface area contributed by atoms with Gasteiger partial charge in [-0.3, -0.25) is 9.78 Å². The van der Waals surface area contributed by atoms with Crippen LogP contribution in [-0.2, 0) is 11.2 Å². The Kier molecular flexibility index (Phi) is 4.67. The van der Waals surface area contributed by atoms with Gasteiger partial charge < -0.3 is 5.32 Å². The summed E-state index contributed by atoms with van der Waals surface area (Å²) in [4.78, 5) is 16.1. The fraction of sp³-hybridized carbons (Fsp3) is 0.111. The average Bonchev–Trinajstić information content (AvgIpc) is 2.57. The summed E-state index contributed by atoms with van der Waals surface area (Å²) in [7, 11) is 0. The van der Waals surface area contributed by atoms with Crippen LogP contribution in [0.3, 0.4) is 0 Å². The molecule has 0 saturated heterocycles. The first kappa shape index (κ1) is 15.6. The molecule has 0 radical (unpaired) electrons. The summed E-state index contributed by atoms with van der Waals surface area (Å²) >= 11 is 3.34. The second kappa shape index (κ2) is 6.87. The van der Waals surface area contributed by atoms with Crippen LogP contribution in [0.4, 0.5) is 10.1 Å². The molecule has 5 heteroatoms. The van der Waals surface area contributed by atoms with E-state index in [0.717, 1.165) is 10.9 Å². The van der Waals surface area contributed by atoms with E-state index in [1.54, 1.807) is 30.5 Å². The molecule has 0 aliphatic rings. The third-order valence-corrected chi connectivity index (χ3v) is 4.27. The van der Waals surface area contributed by atoms with E-state index in [9.17, 15) is 9.18 Å². The summed E-state index contributed by atoms with van der Waals surface area (Å²) in [6.07, 6.45) is 1.96. The lowest BCUT2D eigenvalue weighted by molar-refractivity contribution is -0.115. The van der Waals surface area contributed by atoms with E-state index in [4.69, 9.17) is 0 Å². The number of aromatic nitrogens is 1. The molecule has 2 aromatic carbocycles. The minimum absolute atomic E-state index is 0.230. The van der Waals surface area contributed by atoms with Crippen LogP contribution >= 0.6 is 15.9 Å². The molecule has 1 unspecified atom stereocenters. The number of nitrogens with zero attached hydrogens (tertiary/aromatic N) is 1. The molecule has 0 aliphatic heterocycles. The fourth-order valence-electron chi connectivity index (χ4n) is 2.37. The molecule has 0 aliphatic carbocycles. The van der Waals surface area contributed by atoms with Gasteiger partial charge in [-0.15, -0.1) is 0 Å². The Morgan fingerprint density at radius 3 is 2.74 bits per heavy atom. The van der Waals surface area contributed by atoms with Crippen LogP contribution in [0.5, 0.6) is 0 Å². The maximum absolute atomic E-state index is 13.7. The first-order valence-corrected chi connectivity index (χ1v) is 8.09. The summed E-state index contributed by atoms with van der Waals surface area (Å²) in [5.74, 6) is -0.539. The Hall–Kier alpha value is -2.27. The van der Waals surface area contributed by atoms with Crippen molar-refractivity contribution in [3.63, 3.8) is 0 Å². The Balaban J connectivity index is 1.77. The van der Waals surface area contributed by atoms with Crippen LogP contribution in [0.1, 0.15) is 5.56 Å². The summed E-state index contributed by atoms with van der Waals surface area (Å²) in [5.41, 5.74) is 1.88. The number of hydrogen-bond acceptors (Lipinski definition) is 2. The maximum Gasteiger partial charge on any atom is 0.238 e. The smallest absolute Gasteiger partial charge is 0.238 e. The van der Waals surface area contributed by atoms with Crippen molar-refractivity contribution in [1.29, 1.82) is 0 Å². The Morgan fingerprint density at radius 1 is 1.13 bits per heavy atom. The van der Waals surface area contributed by atoms with Gasteiger partial charge in [0.15, 0.2) is 0 Å². The van der Waals surface area contributed by atoms with E-state index < -0.39 is 4.83 Å². The van der Waals surface area contributed by atoms with Gasteiger partial charge in [-0.05, 0) is 30.2 Å². The van der Waals surface area contributed by atoms with Crippen LogP contribution in [0.2, 0.25) is 0 Å². The summed E-state index contributed by atoms with van der Waals surface area (Å²) in [6, 6.07) is 15.8. The molecule has 1 atom stereocenters. The van der Waals surface area contributed by atoms with Crippen molar-refractivity contribution in [1.82, 2.24) is 4.98 Å². The second-order valence-corrected chi connectivity index (χ2v) is 6.24. The average molecular weight is 373 g/mol. The molecular weight excluding hydrogens is 359 g/mol. The first-order valence-electron chi connectivity index (χ1n) is 7.17. The third-order valence-electron chi connectivity index (χ3n) is 3.53. The highest BCUT2D eigenvalue weighted by molar-refractivity contribution is 9.10. The van der Waals surface area contributed by atoms with Gasteiger partial charge in [-0.25, -0.2) is 4.39 Å².